The van der Waals surface area contributed by atoms with Gasteiger partial charge in [-0.1, -0.05) is 24.6 Å². The van der Waals surface area contributed by atoms with Gasteiger partial charge >= 0.3 is 0 Å². The number of hydrogen-bond donors (Lipinski definition) is 2. The van der Waals surface area contributed by atoms with E-state index in [9.17, 15) is 4.79 Å². The Hall–Kier alpha value is -1.99. The highest BCUT2D eigenvalue weighted by atomic mass is 35.5. The van der Waals surface area contributed by atoms with Gasteiger partial charge in [0.2, 0.25) is 0 Å². The average Bonchev–Trinajstić information content (AvgIpc) is 2.34. The molecule has 0 aromatic heterocycles. The van der Waals surface area contributed by atoms with Crippen LogP contribution in [0.3, 0.4) is 0 Å². The van der Waals surface area contributed by atoms with E-state index < -0.39 is 5.91 Å². The number of nitrogens with zero attached hydrogens (tertiary/aromatic N) is 1. The van der Waals surface area contributed by atoms with E-state index in [1.165, 1.54) is 6.20 Å². The standard InChI is InChI=1S/C13H14ClN3O/c1-2-6-16-9-10(8-15)13(18)17-12-5-3-4-11(14)7-12/h3-5,7,9,16H,2,6H2,1H3,(H,17,18)/b10-9-. The van der Waals surface area contributed by atoms with Gasteiger partial charge in [0.05, 0.1) is 0 Å². The lowest BCUT2D eigenvalue weighted by Gasteiger charge is -2.04. The maximum Gasteiger partial charge on any atom is 0.267 e. The monoisotopic (exact) mass is 263 g/mol. The Morgan fingerprint density at radius 2 is 2.33 bits per heavy atom. The third-order valence-corrected chi connectivity index (χ3v) is 2.32. The average molecular weight is 264 g/mol. The molecule has 0 heterocycles. The summed E-state index contributed by atoms with van der Waals surface area (Å²) in [5.74, 6) is -0.455. The number of carbonyl (C=O) groups excluding carboxylic acids is 1. The molecule has 0 aliphatic heterocycles. The highest BCUT2D eigenvalue weighted by Gasteiger charge is 2.08. The van der Waals surface area contributed by atoms with Crippen molar-refractivity contribution in [3.05, 3.63) is 41.1 Å². The number of amides is 1. The lowest BCUT2D eigenvalue weighted by atomic mass is 10.2. The first-order valence-corrected chi connectivity index (χ1v) is 5.95. The fraction of sp³-hybridized carbons (Fsp3) is 0.231. The van der Waals surface area contributed by atoms with E-state index in [1.54, 1.807) is 24.3 Å². The first-order chi connectivity index (χ1) is 8.67. The van der Waals surface area contributed by atoms with E-state index in [1.807, 2.05) is 13.0 Å². The maximum atomic E-state index is 11.8. The van der Waals surface area contributed by atoms with Crippen molar-refractivity contribution >= 4 is 23.2 Å². The van der Waals surface area contributed by atoms with E-state index in [4.69, 9.17) is 16.9 Å². The Morgan fingerprint density at radius 3 is 2.94 bits per heavy atom. The van der Waals surface area contributed by atoms with Gasteiger partial charge in [0.1, 0.15) is 11.6 Å². The summed E-state index contributed by atoms with van der Waals surface area (Å²) < 4.78 is 0. The van der Waals surface area contributed by atoms with Crippen LogP contribution < -0.4 is 10.6 Å². The van der Waals surface area contributed by atoms with Gasteiger partial charge in [-0.3, -0.25) is 4.79 Å². The minimum Gasteiger partial charge on any atom is -0.390 e. The summed E-state index contributed by atoms with van der Waals surface area (Å²) in [6.45, 7) is 2.72. The molecule has 0 fully saturated rings. The first kappa shape index (κ1) is 14.1. The minimum atomic E-state index is -0.455. The van der Waals surface area contributed by atoms with Crippen LogP contribution in [0.15, 0.2) is 36.0 Å². The predicted molar refractivity (Wildman–Crippen MR) is 72.1 cm³/mol. The Bertz CT molecular complexity index is 491. The number of benzene rings is 1. The van der Waals surface area contributed by atoms with Crippen molar-refractivity contribution in [1.82, 2.24) is 5.32 Å². The Labute approximate surface area is 111 Å². The molecular weight excluding hydrogens is 250 g/mol. The summed E-state index contributed by atoms with van der Waals surface area (Å²) >= 11 is 5.80. The van der Waals surface area contributed by atoms with Gasteiger partial charge in [-0.25, -0.2) is 0 Å². The Morgan fingerprint density at radius 1 is 1.56 bits per heavy atom. The summed E-state index contributed by atoms with van der Waals surface area (Å²) in [6, 6.07) is 8.61. The topological polar surface area (TPSA) is 64.9 Å². The largest absolute Gasteiger partial charge is 0.390 e. The van der Waals surface area contributed by atoms with Crippen molar-refractivity contribution in [2.45, 2.75) is 13.3 Å². The highest BCUT2D eigenvalue weighted by Crippen LogP contribution is 2.15. The molecule has 94 valence electrons. The molecule has 18 heavy (non-hydrogen) atoms. The van der Waals surface area contributed by atoms with Gasteiger partial charge in [-0.2, -0.15) is 5.26 Å². The van der Waals surface area contributed by atoms with Gasteiger partial charge in [0, 0.05) is 23.5 Å². The van der Waals surface area contributed by atoms with Gasteiger partial charge < -0.3 is 10.6 Å². The van der Waals surface area contributed by atoms with Crippen molar-refractivity contribution in [1.29, 1.82) is 5.26 Å². The fourth-order valence-electron chi connectivity index (χ4n) is 1.23. The van der Waals surface area contributed by atoms with Crippen molar-refractivity contribution in [2.75, 3.05) is 11.9 Å². The van der Waals surface area contributed by atoms with E-state index in [0.717, 1.165) is 13.0 Å². The van der Waals surface area contributed by atoms with Crippen LogP contribution in [0.1, 0.15) is 13.3 Å². The van der Waals surface area contributed by atoms with Gasteiger partial charge in [-0.05, 0) is 24.6 Å². The molecule has 1 rings (SSSR count). The molecule has 0 saturated carbocycles. The molecule has 1 aromatic carbocycles. The highest BCUT2D eigenvalue weighted by molar-refractivity contribution is 6.31. The number of carbonyl (C=O) groups is 1. The molecule has 0 atom stereocenters. The molecule has 0 radical (unpaired) electrons. The van der Waals surface area contributed by atoms with Crippen molar-refractivity contribution < 1.29 is 4.79 Å². The molecule has 1 aromatic rings. The summed E-state index contributed by atoms with van der Waals surface area (Å²) in [5.41, 5.74) is 0.590. The van der Waals surface area contributed by atoms with E-state index in [2.05, 4.69) is 10.6 Å². The van der Waals surface area contributed by atoms with Gasteiger partial charge in [0.25, 0.3) is 5.91 Å². The molecule has 0 aliphatic carbocycles. The zero-order chi connectivity index (χ0) is 13.4. The number of nitriles is 1. The van der Waals surface area contributed by atoms with E-state index >= 15 is 0 Å². The van der Waals surface area contributed by atoms with Crippen LogP contribution in [0, 0.1) is 11.3 Å². The molecule has 0 unspecified atom stereocenters. The second-order valence-corrected chi connectivity index (χ2v) is 4.02. The van der Waals surface area contributed by atoms with Crippen molar-refractivity contribution in [2.24, 2.45) is 0 Å². The number of hydrogen-bond acceptors (Lipinski definition) is 3. The van der Waals surface area contributed by atoms with Gasteiger partial charge in [-0.15, -0.1) is 0 Å². The van der Waals surface area contributed by atoms with Crippen molar-refractivity contribution in [3.63, 3.8) is 0 Å². The normalized spacial score (nSPS) is 10.6. The predicted octanol–water partition coefficient (Wildman–Crippen LogP) is 2.69. The van der Waals surface area contributed by atoms with Crippen LogP contribution in [0.5, 0.6) is 0 Å². The third kappa shape index (κ3) is 4.48. The summed E-state index contributed by atoms with van der Waals surface area (Å²) in [7, 11) is 0. The Balaban J connectivity index is 2.69. The van der Waals surface area contributed by atoms with Gasteiger partial charge in [0.15, 0.2) is 0 Å². The van der Waals surface area contributed by atoms with E-state index in [-0.39, 0.29) is 5.57 Å². The summed E-state index contributed by atoms with van der Waals surface area (Å²) in [5, 5.41) is 14.9. The maximum absolute atomic E-state index is 11.8. The van der Waals surface area contributed by atoms with Crippen LogP contribution in [0.2, 0.25) is 5.02 Å². The fourth-order valence-corrected chi connectivity index (χ4v) is 1.42. The number of halogens is 1. The summed E-state index contributed by atoms with van der Waals surface area (Å²) in [4.78, 5) is 11.8. The molecule has 0 bridgehead atoms. The molecule has 4 nitrogen and oxygen atoms in total. The Kier molecular flexibility index (Phi) is 5.75. The minimum absolute atomic E-state index is 0.0309. The molecule has 2 N–H and O–H groups in total. The first-order valence-electron chi connectivity index (χ1n) is 5.58. The molecular formula is C13H14ClN3O. The number of anilines is 1. The quantitative estimate of drug-likeness (QED) is 0.488. The second-order valence-electron chi connectivity index (χ2n) is 3.59. The molecule has 0 aliphatic rings. The SMILES string of the molecule is CCCN/C=C(/C#N)C(=O)Nc1cccc(Cl)c1. The number of nitrogens with one attached hydrogen (secondary N) is 2. The zero-order valence-electron chi connectivity index (χ0n) is 10.0. The smallest absolute Gasteiger partial charge is 0.267 e. The number of rotatable bonds is 5. The molecule has 5 heteroatoms. The zero-order valence-corrected chi connectivity index (χ0v) is 10.8. The van der Waals surface area contributed by atoms with Crippen LogP contribution in [0.4, 0.5) is 5.69 Å². The molecule has 0 spiro atoms. The van der Waals surface area contributed by atoms with Crippen LogP contribution in [-0.2, 0) is 4.79 Å². The van der Waals surface area contributed by atoms with E-state index in [0.29, 0.717) is 10.7 Å². The second kappa shape index (κ2) is 7.36. The van der Waals surface area contributed by atoms with Crippen LogP contribution in [-0.4, -0.2) is 12.5 Å². The lowest BCUT2D eigenvalue weighted by Crippen LogP contribution is -2.17. The van der Waals surface area contributed by atoms with Crippen LogP contribution >= 0.6 is 11.6 Å². The summed E-state index contributed by atoms with van der Waals surface area (Å²) in [6.07, 6.45) is 2.34. The molecule has 0 saturated heterocycles. The lowest BCUT2D eigenvalue weighted by molar-refractivity contribution is -0.112. The van der Waals surface area contributed by atoms with Crippen LogP contribution in [0.25, 0.3) is 0 Å². The van der Waals surface area contributed by atoms with Crippen molar-refractivity contribution in [3.8, 4) is 6.07 Å². The third-order valence-electron chi connectivity index (χ3n) is 2.09. The molecule has 1 amide bonds.